The van der Waals surface area contributed by atoms with Crippen LogP contribution in [-0.2, 0) is 4.79 Å². The molecule has 0 aromatic heterocycles. The molecule has 0 unspecified atom stereocenters. The fraction of sp³-hybridized carbons (Fsp3) is 0.632. The van der Waals surface area contributed by atoms with Crippen LogP contribution in [0.25, 0.3) is 0 Å². The lowest BCUT2D eigenvalue weighted by molar-refractivity contribution is -0.137. The molecule has 4 heteroatoms. The van der Waals surface area contributed by atoms with Gasteiger partial charge in [-0.3, -0.25) is 4.79 Å². The zero-order valence-corrected chi connectivity index (χ0v) is 14.0. The highest BCUT2D eigenvalue weighted by Gasteiger charge is 2.14. The van der Waals surface area contributed by atoms with Gasteiger partial charge in [-0.15, -0.1) is 0 Å². The predicted molar refractivity (Wildman–Crippen MR) is 95.0 cm³/mol. The van der Waals surface area contributed by atoms with Gasteiger partial charge in [0.15, 0.2) is 0 Å². The average molecular weight is 318 g/mol. The van der Waals surface area contributed by atoms with Crippen molar-refractivity contribution in [2.45, 2.75) is 44.9 Å². The molecule has 2 aliphatic rings. The Bertz CT molecular complexity index is 438. The van der Waals surface area contributed by atoms with E-state index >= 15 is 0 Å². The number of carbonyl (C=O) groups is 1. The Kier molecular flexibility index (Phi) is 7.95. The van der Waals surface area contributed by atoms with Gasteiger partial charge in [-0.05, 0) is 24.5 Å². The van der Waals surface area contributed by atoms with E-state index in [2.05, 4.69) is 40.5 Å². The van der Waals surface area contributed by atoms with Crippen LogP contribution in [0.2, 0.25) is 0 Å². The molecule has 2 fully saturated rings. The highest BCUT2D eigenvalue weighted by Crippen LogP contribution is 2.27. The van der Waals surface area contributed by atoms with Gasteiger partial charge in [0.25, 0.3) is 0 Å². The summed E-state index contributed by atoms with van der Waals surface area (Å²) in [6.07, 6.45) is 7.75. The highest BCUT2D eigenvalue weighted by atomic mass is 16.4. The van der Waals surface area contributed by atoms with E-state index in [4.69, 9.17) is 5.11 Å². The van der Waals surface area contributed by atoms with Crippen molar-refractivity contribution in [2.75, 3.05) is 31.1 Å². The lowest BCUT2D eigenvalue weighted by Crippen LogP contribution is -2.43. The number of anilines is 1. The van der Waals surface area contributed by atoms with Gasteiger partial charge >= 0.3 is 5.97 Å². The number of nitrogens with one attached hydrogen (secondary N) is 1. The third kappa shape index (κ3) is 7.04. The van der Waals surface area contributed by atoms with Crippen LogP contribution in [0.1, 0.15) is 44.9 Å². The summed E-state index contributed by atoms with van der Waals surface area (Å²) in [4.78, 5) is 12.7. The monoisotopic (exact) mass is 318 g/mol. The fourth-order valence-electron chi connectivity index (χ4n) is 3.37. The molecule has 1 aromatic carbocycles. The van der Waals surface area contributed by atoms with Gasteiger partial charge in [0, 0.05) is 38.3 Å². The van der Waals surface area contributed by atoms with Gasteiger partial charge in [0.1, 0.15) is 0 Å². The van der Waals surface area contributed by atoms with Crippen LogP contribution in [0.4, 0.5) is 5.69 Å². The van der Waals surface area contributed by atoms with E-state index in [9.17, 15) is 4.79 Å². The van der Waals surface area contributed by atoms with Crippen molar-refractivity contribution in [2.24, 2.45) is 5.92 Å². The molecule has 128 valence electrons. The van der Waals surface area contributed by atoms with E-state index in [0.29, 0.717) is 12.3 Å². The summed E-state index contributed by atoms with van der Waals surface area (Å²) >= 11 is 0. The molecule has 1 aliphatic carbocycles. The van der Waals surface area contributed by atoms with Gasteiger partial charge in [-0.25, -0.2) is 0 Å². The first kappa shape index (κ1) is 17.8. The van der Waals surface area contributed by atoms with Crippen LogP contribution >= 0.6 is 0 Å². The minimum Gasteiger partial charge on any atom is -0.481 e. The summed E-state index contributed by atoms with van der Waals surface area (Å²) in [5, 5.41) is 11.8. The number of para-hydroxylation sites is 1. The van der Waals surface area contributed by atoms with Crippen LogP contribution in [-0.4, -0.2) is 37.3 Å². The summed E-state index contributed by atoms with van der Waals surface area (Å²) in [5.74, 6) is 0.0652. The summed E-state index contributed by atoms with van der Waals surface area (Å²) in [5.41, 5.74) is 1.35. The molecule has 0 radical (unpaired) electrons. The number of hydrogen-bond donors (Lipinski definition) is 2. The number of piperazine rings is 1. The van der Waals surface area contributed by atoms with Crippen LogP contribution in [0.15, 0.2) is 30.3 Å². The van der Waals surface area contributed by atoms with E-state index in [1.165, 1.54) is 37.8 Å². The van der Waals surface area contributed by atoms with Gasteiger partial charge in [0.2, 0.25) is 0 Å². The molecule has 0 spiro atoms. The van der Waals surface area contributed by atoms with E-state index < -0.39 is 5.97 Å². The Labute approximate surface area is 139 Å². The fourth-order valence-corrected chi connectivity index (χ4v) is 3.37. The Hall–Kier alpha value is -1.55. The van der Waals surface area contributed by atoms with Gasteiger partial charge in [-0.1, -0.05) is 50.3 Å². The third-order valence-corrected chi connectivity index (χ3v) is 4.73. The lowest BCUT2D eigenvalue weighted by Gasteiger charge is -2.29. The second-order valence-electron chi connectivity index (χ2n) is 6.51. The maximum absolute atomic E-state index is 10.2. The second kappa shape index (κ2) is 10.3. The minimum absolute atomic E-state index is 0.366. The van der Waals surface area contributed by atoms with Gasteiger partial charge in [0.05, 0.1) is 0 Å². The van der Waals surface area contributed by atoms with Crippen LogP contribution in [0.3, 0.4) is 0 Å². The van der Waals surface area contributed by atoms with Gasteiger partial charge in [-0.2, -0.15) is 0 Å². The number of carboxylic acid groups (broad SMARTS) is 1. The molecular weight excluding hydrogens is 288 g/mol. The maximum atomic E-state index is 10.2. The molecule has 4 nitrogen and oxygen atoms in total. The molecule has 3 rings (SSSR count). The lowest BCUT2D eigenvalue weighted by atomic mass is 9.86. The minimum atomic E-state index is -0.643. The predicted octanol–water partition coefficient (Wildman–Crippen LogP) is 3.53. The third-order valence-electron chi connectivity index (χ3n) is 4.73. The van der Waals surface area contributed by atoms with Crippen molar-refractivity contribution in [3.63, 3.8) is 0 Å². The van der Waals surface area contributed by atoms with Crippen molar-refractivity contribution in [3.8, 4) is 0 Å². The number of nitrogens with zero attached hydrogens (tertiary/aromatic N) is 1. The molecule has 1 saturated heterocycles. The van der Waals surface area contributed by atoms with Crippen molar-refractivity contribution >= 4 is 11.7 Å². The molecule has 23 heavy (non-hydrogen) atoms. The number of aliphatic carboxylic acids is 1. The second-order valence-corrected chi connectivity index (χ2v) is 6.51. The number of carboxylic acids is 1. The normalized spacial score (nSPS) is 18.9. The molecule has 1 saturated carbocycles. The zero-order valence-electron chi connectivity index (χ0n) is 14.0. The molecule has 1 aliphatic heterocycles. The molecule has 0 atom stereocenters. The number of rotatable bonds is 4. The average Bonchev–Trinajstić information content (AvgIpc) is 2.63. The van der Waals surface area contributed by atoms with Gasteiger partial charge < -0.3 is 15.3 Å². The Morgan fingerprint density at radius 3 is 2.35 bits per heavy atom. The first-order chi connectivity index (χ1) is 11.3. The van der Waals surface area contributed by atoms with E-state index in [-0.39, 0.29) is 0 Å². The van der Waals surface area contributed by atoms with Crippen molar-refractivity contribution in [1.29, 1.82) is 0 Å². The standard InChI is InChI=1S/C10H14N2.C9H16O2/c1-2-4-10(5-3-1)12-8-6-11-7-9-12;10-9(11)7-6-8-4-2-1-3-5-8/h1-5,11H,6-9H2;8H,1-7H2,(H,10,11). The Morgan fingerprint density at radius 2 is 1.74 bits per heavy atom. The van der Waals surface area contributed by atoms with E-state index in [1.807, 2.05) is 0 Å². The molecule has 0 amide bonds. The molecule has 0 bridgehead atoms. The van der Waals surface area contributed by atoms with Crippen molar-refractivity contribution < 1.29 is 9.90 Å². The summed E-state index contributed by atoms with van der Waals surface area (Å²) in [6.45, 7) is 4.47. The van der Waals surface area contributed by atoms with Crippen molar-refractivity contribution in [3.05, 3.63) is 30.3 Å². The van der Waals surface area contributed by atoms with Crippen LogP contribution in [0.5, 0.6) is 0 Å². The first-order valence-corrected chi connectivity index (χ1v) is 8.98. The van der Waals surface area contributed by atoms with E-state index in [0.717, 1.165) is 32.6 Å². The summed E-state index contributed by atoms with van der Waals surface area (Å²) in [6, 6.07) is 10.6. The van der Waals surface area contributed by atoms with Crippen LogP contribution < -0.4 is 10.2 Å². The van der Waals surface area contributed by atoms with E-state index in [1.54, 1.807) is 0 Å². The highest BCUT2D eigenvalue weighted by molar-refractivity contribution is 5.66. The molecular formula is C19H30N2O2. The Morgan fingerprint density at radius 1 is 1.09 bits per heavy atom. The van der Waals surface area contributed by atoms with Crippen molar-refractivity contribution in [1.82, 2.24) is 5.32 Å². The maximum Gasteiger partial charge on any atom is 0.303 e. The molecule has 1 aromatic rings. The number of benzene rings is 1. The summed E-state index contributed by atoms with van der Waals surface area (Å²) < 4.78 is 0. The number of hydrogen-bond acceptors (Lipinski definition) is 3. The first-order valence-electron chi connectivity index (χ1n) is 8.98. The largest absolute Gasteiger partial charge is 0.481 e. The smallest absolute Gasteiger partial charge is 0.303 e. The zero-order chi connectivity index (χ0) is 16.3. The SMILES string of the molecule is O=C(O)CCC1CCCCC1.c1ccc(N2CCNCC2)cc1. The quantitative estimate of drug-likeness (QED) is 0.892. The summed E-state index contributed by atoms with van der Waals surface area (Å²) in [7, 11) is 0. The molecule has 2 N–H and O–H groups in total. The molecule has 1 heterocycles. The topological polar surface area (TPSA) is 52.6 Å². The van der Waals surface area contributed by atoms with Crippen LogP contribution in [0, 0.1) is 5.92 Å². The Balaban J connectivity index is 0.000000168.